The van der Waals surface area contributed by atoms with E-state index in [1.807, 2.05) is 19.1 Å². The molecule has 1 N–H and O–H groups in total. The van der Waals surface area contributed by atoms with Crippen molar-refractivity contribution in [1.82, 2.24) is 30.2 Å². The lowest BCUT2D eigenvalue weighted by atomic mass is 9.98. The number of aromatic nitrogens is 5. The first-order chi connectivity index (χ1) is 12.2. The van der Waals surface area contributed by atoms with Crippen LogP contribution >= 0.6 is 11.6 Å². The van der Waals surface area contributed by atoms with E-state index in [1.165, 1.54) is 0 Å². The van der Waals surface area contributed by atoms with Crippen molar-refractivity contribution in [1.29, 1.82) is 0 Å². The van der Waals surface area contributed by atoms with E-state index >= 15 is 0 Å². The van der Waals surface area contributed by atoms with E-state index < -0.39 is 0 Å². The van der Waals surface area contributed by atoms with Crippen molar-refractivity contribution in [2.75, 3.05) is 13.1 Å². The van der Waals surface area contributed by atoms with E-state index in [0.717, 1.165) is 54.4 Å². The number of hydrogen-bond acceptors (Lipinski definition) is 6. The molecule has 0 radical (unpaired) electrons. The maximum absolute atomic E-state index is 6.29. The van der Waals surface area contributed by atoms with Crippen molar-refractivity contribution in [3.05, 3.63) is 46.8 Å². The molecule has 130 valence electrons. The van der Waals surface area contributed by atoms with Crippen molar-refractivity contribution in [2.45, 2.75) is 32.2 Å². The molecule has 4 heterocycles. The van der Waals surface area contributed by atoms with Gasteiger partial charge in [0.05, 0.1) is 22.3 Å². The second-order valence-corrected chi connectivity index (χ2v) is 6.76. The van der Waals surface area contributed by atoms with Crippen molar-refractivity contribution >= 4 is 11.6 Å². The Bertz CT molecular complexity index is 846. The Morgan fingerprint density at radius 1 is 1.44 bits per heavy atom. The van der Waals surface area contributed by atoms with E-state index in [1.54, 1.807) is 12.4 Å². The maximum atomic E-state index is 6.29. The van der Waals surface area contributed by atoms with Gasteiger partial charge in [-0.25, -0.2) is 0 Å². The van der Waals surface area contributed by atoms with Gasteiger partial charge < -0.3 is 4.52 Å². The molecule has 1 atom stereocenters. The number of H-pyrrole nitrogens is 1. The molecule has 4 rings (SSSR count). The largest absolute Gasteiger partial charge is 0.339 e. The molecule has 0 unspecified atom stereocenters. The number of piperidine rings is 1. The zero-order valence-corrected chi connectivity index (χ0v) is 14.7. The average Bonchev–Trinajstić information content (AvgIpc) is 3.26. The summed E-state index contributed by atoms with van der Waals surface area (Å²) in [5.74, 6) is 1.50. The fourth-order valence-electron chi connectivity index (χ4n) is 3.20. The SMILES string of the molecule is Cc1[nH]nc(CN2CCC[C@H](c3nc(-c4cccnc4)no3)C2)c1Cl. The molecule has 0 aromatic carbocycles. The summed E-state index contributed by atoms with van der Waals surface area (Å²) in [6, 6.07) is 3.79. The van der Waals surface area contributed by atoms with Crippen LogP contribution in [0.4, 0.5) is 0 Å². The summed E-state index contributed by atoms with van der Waals surface area (Å²) in [4.78, 5) is 11.0. The number of nitrogens with one attached hydrogen (secondary N) is 1. The monoisotopic (exact) mass is 358 g/mol. The minimum atomic E-state index is 0.227. The minimum absolute atomic E-state index is 0.227. The van der Waals surface area contributed by atoms with Gasteiger partial charge in [-0.2, -0.15) is 10.1 Å². The number of hydrogen-bond donors (Lipinski definition) is 1. The van der Waals surface area contributed by atoms with Crippen LogP contribution in [0.3, 0.4) is 0 Å². The van der Waals surface area contributed by atoms with Crippen molar-refractivity contribution in [2.24, 2.45) is 0 Å². The molecule has 3 aromatic rings. The number of aryl methyl sites for hydroxylation is 1. The molecule has 0 bridgehead atoms. The highest BCUT2D eigenvalue weighted by molar-refractivity contribution is 6.31. The molecule has 8 heteroatoms. The third-order valence-corrected chi connectivity index (χ3v) is 5.03. The number of likely N-dealkylation sites (tertiary alicyclic amines) is 1. The molecule has 1 fully saturated rings. The molecule has 0 aliphatic carbocycles. The Labute approximate surface area is 150 Å². The van der Waals surface area contributed by atoms with E-state index in [4.69, 9.17) is 16.1 Å². The Morgan fingerprint density at radius 3 is 3.12 bits per heavy atom. The van der Waals surface area contributed by atoms with E-state index in [0.29, 0.717) is 11.7 Å². The zero-order valence-electron chi connectivity index (χ0n) is 13.9. The first-order valence-corrected chi connectivity index (χ1v) is 8.74. The lowest BCUT2D eigenvalue weighted by Crippen LogP contribution is -2.34. The van der Waals surface area contributed by atoms with E-state index in [2.05, 4.69) is 30.2 Å². The van der Waals surface area contributed by atoms with Crippen LogP contribution in [0.15, 0.2) is 29.0 Å². The van der Waals surface area contributed by atoms with Gasteiger partial charge in [-0.3, -0.25) is 15.0 Å². The van der Waals surface area contributed by atoms with Crippen LogP contribution in [0.5, 0.6) is 0 Å². The lowest BCUT2D eigenvalue weighted by molar-refractivity contribution is 0.178. The molecular weight excluding hydrogens is 340 g/mol. The highest BCUT2D eigenvalue weighted by Gasteiger charge is 2.27. The van der Waals surface area contributed by atoms with Crippen molar-refractivity contribution < 1.29 is 4.52 Å². The number of pyridine rings is 1. The number of rotatable bonds is 4. The van der Waals surface area contributed by atoms with Gasteiger partial charge >= 0.3 is 0 Å². The summed E-state index contributed by atoms with van der Waals surface area (Å²) in [5, 5.41) is 12.1. The number of aromatic amines is 1. The maximum Gasteiger partial charge on any atom is 0.231 e. The fourth-order valence-corrected chi connectivity index (χ4v) is 3.34. The Morgan fingerprint density at radius 2 is 2.36 bits per heavy atom. The average molecular weight is 359 g/mol. The van der Waals surface area contributed by atoms with E-state index in [-0.39, 0.29) is 5.92 Å². The van der Waals surface area contributed by atoms with Gasteiger partial charge in [0.15, 0.2) is 0 Å². The van der Waals surface area contributed by atoms with Gasteiger partial charge in [-0.1, -0.05) is 16.8 Å². The zero-order chi connectivity index (χ0) is 17.2. The van der Waals surface area contributed by atoms with Crippen LogP contribution in [0, 0.1) is 6.92 Å². The van der Waals surface area contributed by atoms with Crippen LogP contribution in [0.2, 0.25) is 5.02 Å². The van der Waals surface area contributed by atoms with Crippen LogP contribution in [0.25, 0.3) is 11.4 Å². The molecule has 0 saturated carbocycles. The molecule has 0 spiro atoms. The Hall–Kier alpha value is -2.25. The van der Waals surface area contributed by atoms with Crippen molar-refractivity contribution in [3.8, 4) is 11.4 Å². The topological polar surface area (TPSA) is 83.7 Å². The quantitative estimate of drug-likeness (QED) is 0.771. The summed E-state index contributed by atoms with van der Waals surface area (Å²) in [6.07, 6.45) is 5.59. The Kier molecular flexibility index (Phi) is 4.50. The van der Waals surface area contributed by atoms with Gasteiger partial charge in [0.2, 0.25) is 11.7 Å². The number of nitrogens with zero attached hydrogens (tertiary/aromatic N) is 5. The molecule has 3 aromatic heterocycles. The first-order valence-electron chi connectivity index (χ1n) is 8.36. The highest BCUT2D eigenvalue weighted by Crippen LogP contribution is 2.29. The summed E-state index contributed by atoms with van der Waals surface area (Å²) in [6.45, 7) is 4.53. The smallest absolute Gasteiger partial charge is 0.231 e. The first kappa shape index (κ1) is 16.2. The van der Waals surface area contributed by atoms with Gasteiger partial charge in [-0.05, 0) is 38.4 Å². The van der Waals surface area contributed by atoms with Crippen LogP contribution < -0.4 is 0 Å². The summed E-state index contributed by atoms with van der Waals surface area (Å²) >= 11 is 6.29. The predicted molar refractivity (Wildman–Crippen MR) is 93.1 cm³/mol. The normalized spacial score (nSPS) is 18.6. The van der Waals surface area contributed by atoms with Crippen LogP contribution in [0.1, 0.15) is 36.0 Å². The predicted octanol–water partition coefficient (Wildman–Crippen LogP) is 3.20. The second kappa shape index (κ2) is 6.93. The highest BCUT2D eigenvalue weighted by atomic mass is 35.5. The molecule has 0 amide bonds. The standard InChI is InChI=1S/C17H19ClN6O/c1-11-15(18)14(22-21-11)10-24-7-3-5-13(9-24)17-20-16(23-25-17)12-4-2-6-19-8-12/h2,4,6,8,13H,3,5,7,9-10H2,1H3,(H,21,22)/t13-/m0/s1. The Balaban J connectivity index is 1.46. The summed E-state index contributed by atoms with van der Waals surface area (Å²) in [7, 11) is 0. The second-order valence-electron chi connectivity index (χ2n) is 6.38. The summed E-state index contributed by atoms with van der Waals surface area (Å²) < 4.78 is 5.52. The van der Waals surface area contributed by atoms with Crippen LogP contribution in [-0.4, -0.2) is 43.3 Å². The molecule has 1 aliphatic heterocycles. The fraction of sp³-hybridized carbons (Fsp3) is 0.412. The third-order valence-electron chi connectivity index (χ3n) is 4.53. The number of halogens is 1. The molecule has 25 heavy (non-hydrogen) atoms. The lowest BCUT2D eigenvalue weighted by Gasteiger charge is -2.30. The van der Waals surface area contributed by atoms with Crippen molar-refractivity contribution in [3.63, 3.8) is 0 Å². The molecule has 7 nitrogen and oxygen atoms in total. The van der Waals surface area contributed by atoms with E-state index in [9.17, 15) is 0 Å². The van der Waals surface area contributed by atoms with Gasteiger partial charge in [0.1, 0.15) is 0 Å². The van der Waals surface area contributed by atoms with Gasteiger partial charge in [0.25, 0.3) is 0 Å². The van der Waals surface area contributed by atoms with Gasteiger partial charge in [-0.15, -0.1) is 0 Å². The molecule has 1 aliphatic rings. The van der Waals surface area contributed by atoms with Gasteiger partial charge in [0, 0.05) is 31.0 Å². The molecule has 1 saturated heterocycles. The minimum Gasteiger partial charge on any atom is -0.339 e. The summed E-state index contributed by atoms with van der Waals surface area (Å²) in [5.41, 5.74) is 2.66. The third kappa shape index (κ3) is 3.43. The van der Waals surface area contributed by atoms with Crippen LogP contribution in [-0.2, 0) is 6.54 Å². The molecular formula is C17H19ClN6O.